The molecule has 4 heterocycles. The number of imide groups is 1. The van der Waals surface area contributed by atoms with Gasteiger partial charge in [-0.1, -0.05) is 30.0 Å². The van der Waals surface area contributed by atoms with Gasteiger partial charge in [-0.15, -0.1) is 0 Å². The predicted octanol–water partition coefficient (Wildman–Crippen LogP) is 3.70. The molecule has 1 atom stereocenters. The molecule has 2 N–H and O–H groups in total. The molecule has 2 aromatic carbocycles. The summed E-state index contributed by atoms with van der Waals surface area (Å²) >= 11 is 0. The van der Waals surface area contributed by atoms with Gasteiger partial charge in [0.1, 0.15) is 16.9 Å². The third kappa shape index (κ3) is 4.71. The lowest BCUT2D eigenvalue weighted by Gasteiger charge is -2.25. The van der Waals surface area contributed by atoms with Gasteiger partial charge in [-0.25, -0.2) is 9.37 Å². The summed E-state index contributed by atoms with van der Waals surface area (Å²) in [4.78, 5) is 48.4. The molecular formula is C32H23FN4O5. The van der Waals surface area contributed by atoms with Gasteiger partial charge in [-0.05, 0) is 48.0 Å². The number of methoxy groups -OCH3 is 1. The Bertz CT molecular complexity index is 1810. The minimum Gasteiger partial charge on any atom is -0.506 e. The van der Waals surface area contributed by atoms with Crippen molar-refractivity contribution < 1.29 is 28.6 Å². The SMILES string of the molecule is COc1ccc2c(c1F)C(=O)N(C[C@@]1(C#Cc3ccc(-c4nc(-c5cccnc5)ccc4O)cc3)CC(=O)NC1=O)C2. The van der Waals surface area contributed by atoms with E-state index < -0.39 is 29.0 Å². The summed E-state index contributed by atoms with van der Waals surface area (Å²) in [7, 11) is 1.31. The van der Waals surface area contributed by atoms with Crippen LogP contribution in [0, 0.1) is 23.1 Å². The number of hydrogen-bond acceptors (Lipinski definition) is 7. The first-order valence-electron chi connectivity index (χ1n) is 13.0. The number of benzene rings is 2. The number of rotatable bonds is 5. The molecule has 0 spiro atoms. The largest absolute Gasteiger partial charge is 0.506 e. The second-order valence-electron chi connectivity index (χ2n) is 10.0. The smallest absolute Gasteiger partial charge is 0.257 e. The molecular weight excluding hydrogens is 539 g/mol. The zero-order valence-electron chi connectivity index (χ0n) is 22.3. The van der Waals surface area contributed by atoms with Crippen LogP contribution in [0.2, 0.25) is 0 Å². The van der Waals surface area contributed by atoms with Crippen LogP contribution in [0.4, 0.5) is 4.39 Å². The van der Waals surface area contributed by atoms with Gasteiger partial charge in [0, 0.05) is 42.2 Å². The summed E-state index contributed by atoms with van der Waals surface area (Å²) in [5.41, 5.74) is 1.86. The molecule has 2 aliphatic rings. The van der Waals surface area contributed by atoms with Crippen molar-refractivity contribution in [2.24, 2.45) is 5.41 Å². The molecule has 208 valence electrons. The van der Waals surface area contributed by atoms with Crippen molar-refractivity contribution in [3.63, 3.8) is 0 Å². The van der Waals surface area contributed by atoms with Gasteiger partial charge in [-0.3, -0.25) is 24.7 Å². The first kappa shape index (κ1) is 26.7. The number of halogens is 1. The molecule has 0 unspecified atom stereocenters. The van der Waals surface area contributed by atoms with E-state index in [9.17, 15) is 23.9 Å². The molecule has 3 amide bonds. The third-order valence-electron chi connectivity index (χ3n) is 7.32. The van der Waals surface area contributed by atoms with Crippen molar-refractivity contribution in [3.8, 4) is 45.9 Å². The first-order chi connectivity index (χ1) is 20.3. The van der Waals surface area contributed by atoms with E-state index in [0.29, 0.717) is 28.1 Å². The quantitative estimate of drug-likeness (QED) is 0.281. The lowest BCUT2D eigenvalue weighted by atomic mass is 9.85. The highest BCUT2D eigenvalue weighted by Gasteiger charge is 2.49. The van der Waals surface area contributed by atoms with Crippen LogP contribution < -0.4 is 10.1 Å². The second kappa shape index (κ2) is 10.4. The minimum absolute atomic E-state index is 0.00639. The van der Waals surface area contributed by atoms with E-state index in [-0.39, 0.29) is 36.6 Å². The molecule has 1 fully saturated rings. The molecule has 42 heavy (non-hydrogen) atoms. The van der Waals surface area contributed by atoms with Gasteiger partial charge in [0.25, 0.3) is 5.91 Å². The maximum atomic E-state index is 14.8. The number of fused-ring (bicyclic) bond motifs is 1. The molecule has 10 heteroatoms. The van der Waals surface area contributed by atoms with Gasteiger partial charge in [0.2, 0.25) is 11.8 Å². The maximum absolute atomic E-state index is 14.8. The van der Waals surface area contributed by atoms with E-state index in [2.05, 4.69) is 27.1 Å². The summed E-state index contributed by atoms with van der Waals surface area (Å²) in [6.45, 7) is -0.118. The minimum atomic E-state index is -1.51. The van der Waals surface area contributed by atoms with Crippen LogP contribution in [0.15, 0.2) is 73.1 Å². The fourth-order valence-corrected chi connectivity index (χ4v) is 5.16. The Morgan fingerprint density at radius 1 is 1.07 bits per heavy atom. The van der Waals surface area contributed by atoms with E-state index in [1.807, 2.05) is 6.07 Å². The van der Waals surface area contributed by atoms with Crippen LogP contribution in [0.1, 0.15) is 27.9 Å². The highest BCUT2D eigenvalue weighted by Crippen LogP contribution is 2.36. The monoisotopic (exact) mass is 562 g/mol. The molecule has 9 nitrogen and oxygen atoms in total. The summed E-state index contributed by atoms with van der Waals surface area (Å²) in [5, 5.41) is 12.7. The van der Waals surface area contributed by atoms with Gasteiger partial charge < -0.3 is 14.7 Å². The van der Waals surface area contributed by atoms with E-state index in [4.69, 9.17) is 4.74 Å². The number of nitrogens with one attached hydrogen (secondary N) is 1. The van der Waals surface area contributed by atoms with Crippen molar-refractivity contribution in [1.29, 1.82) is 0 Å². The molecule has 0 aliphatic carbocycles. The lowest BCUT2D eigenvalue weighted by molar-refractivity contribution is -0.127. The Labute approximate surface area is 240 Å². The Morgan fingerprint density at radius 2 is 1.88 bits per heavy atom. The first-order valence-corrected chi connectivity index (χ1v) is 13.0. The molecule has 2 aromatic heterocycles. The molecule has 0 saturated carbocycles. The molecule has 2 aliphatic heterocycles. The van der Waals surface area contributed by atoms with Gasteiger partial charge in [0.05, 0.1) is 24.8 Å². The van der Waals surface area contributed by atoms with Crippen molar-refractivity contribution in [1.82, 2.24) is 20.2 Å². The number of pyridine rings is 2. The molecule has 0 radical (unpaired) electrons. The van der Waals surface area contributed by atoms with Gasteiger partial charge in [-0.2, -0.15) is 0 Å². The van der Waals surface area contributed by atoms with Crippen molar-refractivity contribution in [2.45, 2.75) is 13.0 Å². The van der Waals surface area contributed by atoms with E-state index in [0.717, 1.165) is 5.56 Å². The Hall–Kier alpha value is -5.56. The van der Waals surface area contributed by atoms with Gasteiger partial charge in [0.15, 0.2) is 11.6 Å². The average molecular weight is 563 g/mol. The third-order valence-corrected chi connectivity index (χ3v) is 7.32. The maximum Gasteiger partial charge on any atom is 0.257 e. The summed E-state index contributed by atoms with van der Waals surface area (Å²) in [6, 6.07) is 16.9. The number of ether oxygens (including phenoxy) is 1. The summed E-state index contributed by atoms with van der Waals surface area (Å²) in [6.07, 6.45) is 3.12. The molecule has 6 rings (SSSR count). The number of carbonyl (C=O) groups excluding carboxylic acids is 3. The summed E-state index contributed by atoms with van der Waals surface area (Å²) in [5.74, 6) is 3.38. The Morgan fingerprint density at radius 3 is 2.57 bits per heavy atom. The average Bonchev–Trinajstić information content (AvgIpc) is 3.47. The zero-order valence-corrected chi connectivity index (χ0v) is 22.3. The van der Waals surface area contributed by atoms with Crippen LogP contribution in [0.3, 0.4) is 0 Å². The Kier molecular flexibility index (Phi) is 6.63. The van der Waals surface area contributed by atoms with E-state index in [1.165, 1.54) is 18.1 Å². The highest BCUT2D eigenvalue weighted by molar-refractivity contribution is 6.08. The normalized spacial score (nSPS) is 17.5. The Balaban J connectivity index is 1.27. The standard InChI is InChI=1S/C32H23FN4O5/c1-42-25-11-8-22-17-37(30(40)27(22)28(25)33)18-32(15-26(39)36-31(32)41)13-12-19-4-6-20(7-5-19)29-24(38)10-9-23(35-29)21-3-2-14-34-16-21/h2-11,14,16,38H,15,17-18H2,1H3,(H,36,39,41)/t32-/m1/s1. The number of aromatic nitrogens is 2. The number of nitrogens with zero attached hydrogens (tertiary/aromatic N) is 3. The van der Waals surface area contributed by atoms with Crippen molar-refractivity contribution in [3.05, 3.63) is 95.6 Å². The lowest BCUT2D eigenvalue weighted by Crippen LogP contribution is -2.42. The van der Waals surface area contributed by atoms with E-state index in [1.54, 1.807) is 60.9 Å². The number of aromatic hydroxyl groups is 1. The molecule has 4 aromatic rings. The van der Waals surface area contributed by atoms with Crippen molar-refractivity contribution >= 4 is 17.7 Å². The fourth-order valence-electron chi connectivity index (χ4n) is 5.16. The molecule has 1 saturated heterocycles. The zero-order chi connectivity index (χ0) is 29.4. The number of hydrogen-bond donors (Lipinski definition) is 2. The molecule has 0 bridgehead atoms. The fraction of sp³-hybridized carbons (Fsp3) is 0.156. The van der Waals surface area contributed by atoms with Crippen LogP contribution in [0.5, 0.6) is 11.5 Å². The predicted molar refractivity (Wildman–Crippen MR) is 149 cm³/mol. The van der Waals surface area contributed by atoms with Crippen LogP contribution >= 0.6 is 0 Å². The van der Waals surface area contributed by atoms with E-state index >= 15 is 0 Å². The van der Waals surface area contributed by atoms with Crippen LogP contribution in [-0.4, -0.2) is 51.4 Å². The second-order valence-corrected chi connectivity index (χ2v) is 10.0. The highest BCUT2D eigenvalue weighted by atomic mass is 19.1. The number of amides is 3. The van der Waals surface area contributed by atoms with Crippen LogP contribution in [-0.2, 0) is 16.1 Å². The van der Waals surface area contributed by atoms with Crippen molar-refractivity contribution in [2.75, 3.05) is 13.7 Å². The number of carbonyl (C=O) groups is 3. The van der Waals surface area contributed by atoms with Crippen LogP contribution in [0.25, 0.3) is 22.5 Å². The van der Waals surface area contributed by atoms with Gasteiger partial charge >= 0.3 is 0 Å². The topological polar surface area (TPSA) is 122 Å². The summed E-state index contributed by atoms with van der Waals surface area (Å²) < 4.78 is 19.8.